The van der Waals surface area contributed by atoms with Crippen LogP contribution < -0.4 is 9.47 Å². The Hall–Kier alpha value is -1.75. The maximum Gasteiger partial charge on any atom is 0.171 e. The molecule has 108 valence electrons. The summed E-state index contributed by atoms with van der Waals surface area (Å²) in [6.45, 7) is 3.48. The highest BCUT2D eigenvalue weighted by Gasteiger charge is 2.49. The Balaban J connectivity index is 1.90. The summed E-state index contributed by atoms with van der Waals surface area (Å²) >= 11 is 0. The summed E-state index contributed by atoms with van der Waals surface area (Å²) in [5, 5.41) is 4.29. The molecule has 0 aromatic heterocycles. The fraction of sp³-hybridized carbons (Fsp3) is 0.533. The number of rotatable bonds is 3. The summed E-state index contributed by atoms with van der Waals surface area (Å²) in [5.41, 5.74) is 1.65. The van der Waals surface area contributed by atoms with Gasteiger partial charge >= 0.3 is 0 Å². The molecule has 0 N–H and O–H groups in total. The smallest absolute Gasteiger partial charge is 0.171 e. The zero-order valence-corrected chi connectivity index (χ0v) is 12.0. The van der Waals surface area contributed by atoms with Crippen molar-refractivity contribution in [2.24, 2.45) is 11.1 Å². The van der Waals surface area contributed by atoms with Gasteiger partial charge in [0.05, 0.1) is 33.1 Å². The molecular weight excluding hydrogens is 258 g/mol. The van der Waals surface area contributed by atoms with Gasteiger partial charge in [-0.15, -0.1) is 0 Å². The molecule has 1 aromatic rings. The molecule has 1 aromatic carbocycles. The lowest BCUT2D eigenvalue weighted by Crippen LogP contribution is -2.38. The molecule has 0 radical (unpaired) electrons. The normalized spacial score (nSPS) is 28.4. The first-order chi connectivity index (χ1) is 9.70. The fourth-order valence-corrected chi connectivity index (χ4v) is 2.82. The number of oxime groups is 1. The second-order valence-corrected chi connectivity index (χ2v) is 5.23. The van der Waals surface area contributed by atoms with Gasteiger partial charge in [-0.25, -0.2) is 0 Å². The highest BCUT2D eigenvalue weighted by Crippen LogP contribution is 2.39. The van der Waals surface area contributed by atoms with Crippen LogP contribution in [0.5, 0.6) is 11.5 Å². The Morgan fingerprint density at radius 3 is 2.70 bits per heavy atom. The average molecular weight is 277 g/mol. The molecule has 20 heavy (non-hydrogen) atoms. The highest BCUT2D eigenvalue weighted by molar-refractivity contribution is 6.03. The lowest BCUT2D eigenvalue weighted by Gasteiger charge is -2.24. The monoisotopic (exact) mass is 277 g/mol. The predicted molar refractivity (Wildman–Crippen MR) is 74.5 cm³/mol. The fourth-order valence-electron chi connectivity index (χ4n) is 2.82. The lowest BCUT2D eigenvalue weighted by molar-refractivity contribution is -0.0448. The first-order valence-electron chi connectivity index (χ1n) is 6.76. The maximum absolute atomic E-state index is 5.70. The van der Waals surface area contributed by atoms with Crippen molar-refractivity contribution < 1.29 is 19.0 Å². The van der Waals surface area contributed by atoms with Gasteiger partial charge in [-0.05, 0) is 18.2 Å². The summed E-state index contributed by atoms with van der Waals surface area (Å²) in [5.74, 6) is 1.61. The molecule has 5 nitrogen and oxygen atoms in total. The van der Waals surface area contributed by atoms with E-state index in [1.54, 1.807) is 14.2 Å². The van der Waals surface area contributed by atoms with E-state index in [4.69, 9.17) is 19.0 Å². The third-order valence-corrected chi connectivity index (χ3v) is 4.22. The van der Waals surface area contributed by atoms with E-state index in [9.17, 15) is 0 Å². The van der Waals surface area contributed by atoms with Crippen LogP contribution in [0.25, 0.3) is 0 Å². The van der Waals surface area contributed by atoms with Gasteiger partial charge in [0.1, 0.15) is 0 Å². The largest absolute Gasteiger partial charge is 0.493 e. The third kappa shape index (κ3) is 1.93. The average Bonchev–Trinajstić information content (AvgIpc) is 3.08. The van der Waals surface area contributed by atoms with Crippen LogP contribution in [-0.4, -0.2) is 38.7 Å². The summed E-state index contributed by atoms with van der Waals surface area (Å²) < 4.78 is 16.1. The van der Waals surface area contributed by atoms with E-state index in [1.807, 2.05) is 18.2 Å². The minimum Gasteiger partial charge on any atom is -0.493 e. The van der Waals surface area contributed by atoms with Gasteiger partial charge in [0.15, 0.2) is 17.1 Å². The highest BCUT2D eigenvalue weighted by atomic mass is 16.7. The molecule has 0 bridgehead atoms. The number of methoxy groups -OCH3 is 2. The third-order valence-electron chi connectivity index (χ3n) is 4.22. The summed E-state index contributed by atoms with van der Waals surface area (Å²) in [7, 11) is 3.26. The molecular formula is C15H19NO4. The Bertz CT molecular complexity index is 535. The van der Waals surface area contributed by atoms with Crippen LogP contribution in [0.2, 0.25) is 0 Å². The zero-order chi connectivity index (χ0) is 14.2. The SMILES string of the molecule is COc1ccc(C2=NOC3(CCOC3)C2C)cc1OC. The first-order valence-corrected chi connectivity index (χ1v) is 6.76. The molecule has 5 heteroatoms. The molecule has 2 aliphatic heterocycles. The topological polar surface area (TPSA) is 49.3 Å². The van der Waals surface area contributed by atoms with Gasteiger partial charge in [0.2, 0.25) is 0 Å². The molecule has 3 rings (SSSR count). The summed E-state index contributed by atoms with van der Waals surface area (Å²) in [6, 6.07) is 5.81. The molecule has 0 amide bonds. The summed E-state index contributed by atoms with van der Waals surface area (Å²) in [6.07, 6.45) is 0.883. The van der Waals surface area contributed by atoms with E-state index in [-0.39, 0.29) is 11.5 Å². The van der Waals surface area contributed by atoms with Crippen LogP contribution >= 0.6 is 0 Å². The van der Waals surface area contributed by atoms with E-state index in [1.165, 1.54) is 0 Å². The Morgan fingerprint density at radius 2 is 2.05 bits per heavy atom. The van der Waals surface area contributed by atoms with Crippen molar-refractivity contribution in [2.75, 3.05) is 27.4 Å². The van der Waals surface area contributed by atoms with Crippen LogP contribution in [0.1, 0.15) is 18.9 Å². The van der Waals surface area contributed by atoms with Gasteiger partial charge in [0.25, 0.3) is 0 Å². The van der Waals surface area contributed by atoms with Crippen molar-refractivity contribution in [3.63, 3.8) is 0 Å². The van der Waals surface area contributed by atoms with E-state index >= 15 is 0 Å². The van der Waals surface area contributed by atoms with Crippen molar-refractivity contribution >= 4 is 5.71 Å². The maximum atomic E-state index is 5.70. The Kier molecular flexibility index (Phi) is 3.30. The van der Waals surface area contributed by atoms with Gasteiger partial charge in [-0.2, -0.15) is 0 Å². The van der Waals surface area contributed by atoms with Crippen LogP contribution in [0.15, 0.2) is 23.4 Å². The molecule has 0 aliphatic carbocycles. The van der Waals surface area contributed by atoms with E-state index < -0.39 is 0 Å². The van der Waals surface area contributed by atoms with E-state index in [2.05, 4.69) is 12.1 Å². The number of hydrogen-bond acceptors (Lipinski definition) is 5. The van der Waals surface area contributed by atoms with Crippen LogP contribution in [0, 0.1) is 5.92 Å². The van der Waals surface area contributed by atoms with E-state index in [0.717, 1.165) is 24.3 Å². The standard InChI is InChI=1S/C15H19NO4/c1-10-14(16-20-15(10)6-7-19-9-15)11-4-5-12(17-2)13(8-11)18-3/h4-5,8,10H,6-7,9H2,1-3H3. The van der Waals surface area contributed by atoms with Gasteiger partial charge in [-0.3, -0.25) is 0 Å². The lowest BCUT2D eigenvalue weighted by atomic mass is 9.83. The second-order valence-electron chi connectivity index (χ2n) is 5.23. The quantitative estimate of drug-likeness (QED) is 0.850. The molecule has 1 fully saturated rings. The molecule has 2 aliphatic rings. The first kappa shape index (κ1) is 13.2. The molecule has 2 unspecified atom stereocenters. The molecule has 1 saturated heterocycles. The van der Waals surface area contributed by atoms with Gasteiger partial charge in [0, 0.05) is 17.9 Å². The predicted octanol–water partition coefficient (Wildman–Crippen LogP) is 2.23. The number of nitrogens with zero attached hydrogens (tertiary/aromatic N) is 1. The van der Waals surface area contributed by atoms with Crippen molar-refractivity contribution in [1.82, 2.24) is 0 Å². The minimum absolute atomic E-state index is 0.197. The summed E-state index contributed by atoms with van der Waals surface area (Å²) in [4.78, 5) is 5.70. The minimum atomic E-state index is -0.289. The Morgan fingerprint density at radius 1 is 1.25 bits per heavy atom. The van der Waals surface area contributed by atoms with Crippen molar-refractivity contribution in [2.45, 2.75) is 18.9 Å². The van der Waals surface area contributed by atoms with Crippen LogP contribution in [0.4, 0.5) is 0 Å². The number of ether oxygens (including phenoxy) is 3. The van der Waals surface area contributed by atoms with Crippen molar-refractivity contribution in [3.05, 3.63) is 23.8 Å². The molecule has 0 saturated carbocycles. The molecule has 2 heterocycles. The number of benzene rings is 1. The second kappa shape index (κ2) is 4.98. The van der Waals surface area contributed by atoms with Crippen molar-refractivity contribution in [1.29, 1.82) is 0 Å². The van der Waals surface area contributed by atoms with Gasteiger partial charge < -0.3 is 19.0 Å². The molecule has 2 atom stereocenters. The van der Waals surface area contributed by atoms with Crippen LogP contribution in [0.3, 0.4) is 0 Å². The molecule has 1 spiro atoms. The van der Waals surface area contributed by atoms with Gasteiger partial charge in [-0.1, -0.05) is 12.1 Å². The van der Waals surface area contributed by atoms with E-state index in [0.29, 0.717) is 18.1 Å². The Labute approximate surface area is 118 Å². The zero-order valence-electron chi connectivity index (χ0n) is 12.0. The van der Waals surface area contributed by atoms with Crippen molar-refractivity contribution in [3.8, 4) is 11.5 Å². The van der Waals surface area contributed by atoms with Crippen LogP contribution in [-0.2, 0) is 9.57 Å². The number of hydrogen-bond donors (Lipinski definition) is 0.